The molecule has 0 aromatic heterocycles. The van der Waals surface area contributed by atoms with Crippen LogP contribution in [0.4, 0.5) is 0 Å². The molecule has 0 saturated carbocycles. The van der Waals surface area contributed by atoms with Gasteiger partial charge in [0, 0.05) is 50.4 Å². The van der Waals surface area contributed by atoms with Crippen LogP contribution in [0.15, 0.2) is 68.9 Å². The van der Waals surface area contributed by atoms with E-state index >= 15 is 0 Å². The van der Waals surface area contributed by atoms with Gasteiger partial charge in [-0.2, -0.15) is 10.2 Å². The Balaban J connectivity index is 1.41. The summed E-state index contributed by atoms with van der Waals surface area (Å²) in [5, 5.41) is 17.4. The Morgan fingerprint density at radius 2 is 0.972 bits per heavy atom. The van der Waals surface area contributed by atoms with Gasteiger partial charge in [0.2, 0.25) is 11.9 Å². The van der Waals surface area contributed by atoms with Gasteiger partial charge in [0.05, 0.1) is 26.4 Å². The van der Waals surface area contributed by atoms with Gasteiger partial charge < -0.3 is 30.7 Å². The van der Waals surface area contributed by atoms with E-state index in [-0.39, 0.29) is 11.8 Å². The Bertz CT molecular complexity index is 1030. The second kappa shape index (κ2) is 11.3. The molecule has 10 heteroatoms. The zero-order valence-electron chi connectivity index (χ0n) is 20.2. The first-order chi connectivity index (χ1) is 17.7. The van der Waals surface area contributed by atoms with Crippen LogP contribution in [0.3, 0.4) is 0 Å². The van der Waals surface area contributed by atoms with Crippen LogP contribution in [0.25, 0.3) is 0 Å². The molecule has 2 heterocycles. The van der Waals surface area contributed by atoms with Gasteiger partial charge in [-0.25, -0.2) is 0 Å². The Hall–Kier alpha value is -3.76. The summed E-state index contributed by atoms with van der Waals surface area (Å²) >= 11 is 0. The Kier molecular flexibility index (Phi) is 7.53. The molecular weight excluding hydrogens is 456 g/mol. The van der Waals surface area contributed by atoms with Crippen molar-refractivity contribution in [2.24, 2.45) is 31.9 Å². The lowest BCUT2D eigenvalue weighted by atomic mass is 9.73. The summed E-state index contributed by atoms with van der Waals surface area (Å²) in [6, 6.07) is 16.7. The molecule has 10 nitrogen and oxygen atoms in total. The molecule has 2 aliphatic heterocycles. The van der Waals surface area contributed by atoms with Crippen LogP contribution in [0.2, 0.25) is 0 Å². The van der Waals surface area contributed by atoms with Crippen LogP contribution in [0, 0.1) is 0 Å². The zero-order valence-corrected chi connectivity index (χ0v) is 20.2. The van der Waals surface area contributed by atoms with Crippen molar-refractivity contribution in [1.82, 2.24) is 9.80 Å². The molecule has 188 valence electrons. The summed E-state index contributed by atoms with van der Waals surface area (Å²) in [6.45, 7) is 5.48. The fourth-order valence-electron chi connectivity index (χ4n) is 4.84. The second-order valence-corrected chi connectivity index (χ2v) is 8.86. The molecule has 0 atom stereocenters. The summed E-state index contributed by atoms with van der Waals surface area (Å²) in [5.74, 6) is 0.718. The van der Waals surface area contributed by atoms with E-state index in [0.29, 0.717) is 38.3 Å². The maximum Gasteiger partial charge on any atom is 0.216 e. The number of morpholine rings is 2. The fraction of sp³-hybridized carbons (Fsp3) is 0.385. The van der Waals surface area contributed by atoms with E-state index < -0.39 is 0 Å². The highest BCUT2D eigenvalue weighted by atomic mass is 16.5. The standard InChI is InChI=1S/C26H32N8O2/c27-25(33-9-13-35-14-10-33)31-29-17-23-19-5-1-2-6-20(19)24(22-8-4-3-7-21(22)23)18-30-32-26(28)34-11-15-36-16-12-34/h1-8,17-18,23-24H,9-16H2,(H2,27,31)(H2,28,32). The van der Waals surface area contributed by atoms with Crippen LogP contribution in [-0.2, 0) is 9.47 Å². The Labute approximate surface area is 211 Å². The molecule has 36 heavy (non-hydrogen) atoms. The smallest absolute Gasteiger partial charge is 0.216 e. The van der Waals surface area contributed by atoms with Gasteiger partial charge in [-0.1, -0.05) is 48.5 Å². The lowest BCUT2D eigenvalue weighted by Crippen LogP contribution is -2.44. The molecule has 5 rings (SSSR count). The van der Waals surface area contributed by atoms with Crippen molar-refractivity contribution >= 4 is 24.3 Å². The maximum atomic E-state index is 6.16. The minimum absolute atomic E-state index is 0.0507. The number of fused-ring (bicyclic) bond motifs is 2. The van der Waals surface area contributed by atoms with E-state index in [2.05, 4.69) is 44.7 Å². The van der Waals surface area contributed by atoms with Gasteiger partial charge in [0.15, 0.2) is 0 Å². The summed E-state index contributed by atoms with van der Waals surface area (Å²) < 4.78 is 10.8. The molecule has 0 bridgehead atoms. The van der Waals surface area contributed by atoms with Crippen LogP contribution in [-0.4, -0.2) is 86.8 Å². The number of nitrogens with zero attached hydrogens (tertiary/aromatic N) is 6. The minimum atomic E-state index is -0.0507. The van der Waals surface area contributed by atoms with Crippen molar-refractivity contribution in [1.29, 1.82) is 0 Å². The van der Waals surface area contributed by atoms with Crippen LogP contribution in [0.1, 0.15) is 34.1 Å². The number of nitrogens with two attached hydrogens (primary N) is 2. The first kappa shape index (κ1) is 24.0. The average molecular weight is 489 g/mol. The normalized spacial score (nSPS) is 23.2. The number of hydrogen-bond acceptors (Lipinski definition) is 6. The van der Waals surface area contributed by atoms with Gasteiger partial charge in [0.25, 0.3) is 0 Å². The average Bonchev–Trinajstić information content (AvgIpc) is 2.94. The SMILES string of the molecule is NC(=NN=CC1c2ccccc2C(C=NN=C(N)N2CCOCC2)c2ccccc21)N1CCOCC1. The van der Waals surface area contributed by atoms with Crippen LogP contribution < -0.4 is 11.5 Å². The monoisotopic (exact) mass is 488 g/mol. The molecular formula is C26H32N8O2. The molecule has 2 saturated heterocycles. The second-order valence-electron chi connectivity index (χ2n) is 8.86. The lowest BCUT2D eigenvalue weighted by Gasteiger charge is -2.30. The van der Waals surface area contributed by atoms with Gasteiger partial charge in [-0.05, 0) is 22.3 Å². The van der Waals surface area contributed by atoms with E-state index in [0.717, 1.165) is 48.4 Å². The van der Waals surface area contributed by atoms with E-state index in [9.17, 15) is 0 Å². The van der Waals surface area contributed by atoms with Crippen LogP contribution in [0.5, 0.6) is 0 Å². The first-order valence-electron chi connectivity index (χ1n) is 12.3. The lowest BCUT2D eigenvalue weighted by molar-refractivity contribution is 0.0674. The summed E-state index contributed by atoms with van der Waals surface area (Å²) in [4.78, 5) is 3.97. The van der Waals surface area contributed by atoms with Crippen molar-refractivity contribution in [3.05, 3.63) is 70.8 Å². The van der Waals surface area contributed by atoms with Crippen molar-refractivity contribution in [3.8, 4) is 0 Å². The molecule has 0 radical (unpaired) electrons. The fourth-order valence-corrected chi connectivity index (χ4v) is 4.84. The summed E-state index contributed by atoms with van der Waals surface area (Å²) in [7, 11) is 0. The first-order valence-corrected chi connectivity index (χ1v) is 12.3. The van der Waals surface area contributed by atoms with Crippen molar-refractivity contribution in [3.63, 3.8) is 0 Å². The quantitative estimate of drug-likeness (QED) is 0.382. The summed E-state index contributed by atoms with van der Waals surface area (Å²) in [5.41, 5.74) is 16.9. The Morgan fingerprint density at radius 3 is 1.31 bits per heavy atom. The minimum Gasteiger partial charge on any atom is -0.378 e. The largest absolute Gasteiger partial charge is 0.378 e. The topological polar surface area (TPSA) is 126 Å². The third-order valence-electron chi connectivity index (χ3n) is 6.75. The molecule has 0 spiro atoms. The zero-order chi connectivity index (χ0) is 24.7. The summed E-state index contributed by atoms with van der Waals surface area (Å²) in [6.07, 6.45) is 3.74. The molecule has 0 amide bonds. The highest BCUT2D eigenvalue weighted by Gasteiger charge is 2.30. The van der Waals surface area contributed by atoms with E-state index in [1.54, 1.807) is 0 Å². The van der Waals surface area contributed by atoms with Crippen molar-refractivity contribution in [2.45, 2.75) is 11.8 Å². The number of ether oxygens (including phenoxy) is 2. The molecule has 1 aliphatic carbocycles. The van der Waals surface area contributed by atoms with Gasteiger partial charge in [0.1, 0.15) is 0 Å². The third-order valence-corrected chi connectivity index (χ3v) is 6.75. The number of rotatable bonds is 4. The number of guanidine groups is 2. The molecule has 0 unspecified atom stereocenters. The van der Waals surface area contributed by atoms with Gasteiger partial charge >= 0.3 is 0 Å². The molecule has 2 fully saturated rings. The predicted octanol–water partition coefficient (Wildman–Crippen LogP) is 1.53. The molecule has 4 N–H and O–H groups in total. The number of benzene rings is 2. The van der Waals surface area contributed by atoms with E-state index in [4.69, 9.17) is 20.9 Å². The number of hydrogen-bond donors (Lipinski definition) is 2. The van der Waals surface area contributed by atoms with Crippen LogP contribution >= 0.6 is 0 Å². The van der Waals surface area contributed by atoms with E-state index in [1.807, 2.05) is 46.5 Å². The van der Waals surface area contributed by atoms with Gasteiger partial charge in [-0.3, -0.25) is 0 Å². The Morgan fingerprint density at radius 1 is 0.639 bits per heavy atom. The predicted molar refractivity (Wildman–Crippen MR) is 142 cm³/mol. The maximum absolute atomic E-state index is 6.16. The highest BCUT2D eigenvalue weighted by molar-refractivity contribution is 5.85. The third kappa shape index (κ3) is 5.24. The van der Waals surface area contributed by atoms with Crippen molar-refractivity contribution in [2.75, 3.05) is 52.6 Å². The molecule has 2 aromatic rings. The molecule has 2 aromatic carbocycles. The highest BCUT2D eigenvalue weighted by Crippen LogP contribution is 2.41. The van der Waals surface area contributed by atoms with Gasteiger partial charge in [-0.15, -0.1) is 10.2 Å². The van der Waals surface area contributed by atoms with E-state index in [1.165, 1.54) is 0 Å². The molecule has 3 aliphatic rings. The van der Waals surface area contributed by atoms with Crippen molar-refractivity contribution < 1.29 is 9.47 Å².